The molecule has 0 aliphatic carbocycles. The molecule has 0 radical (unpaired) electrons. The molecule has 2 aliphatic rings. The van der Waals surface area contributed by atoms with Gasteiger partial charge in [0.2, 0.25) is 10.6 Å². The Balaban J connectivity index is 0.000000219. The molecule has 23 heteroatoms. The zero-order valence-corrected chi connectivity index (χ0v) is 31.3. The van der Waals surface area contributed by atoms with Gasteiger partial charge in [-0.1, -0.05) is 30.3 Å². The molecular weight excluding hydrogens is 772 g/mol. The van der Waals surface area contributed by atoms with Crippen molar-refractivity contribution in [2.24, 2.45) is 0 Å². The van der Waals surface area contributed by atoms with Crippen molar-refractivity contribution in [1.82, 2.24) is 44.1 Å². The van der Waals surface area contributed by atoms with Crippen LogP contribution in [0, 0.1) is 0 Å². The predicted octanol–water partition coefficient (Wildman–Crippen LogP) is 1.97. The highest BCUT2D eigenvalue weighted by molar-refractivity contribution is 7.56. The van der Waals surface area contributed by atoms with Crippen LogP contribution in [0.5, 0.6) is 0 Å². The minimum absolute atomic E-state index is 0.0176. The maximum absolute atomic E-state index is 12.9. The number of ether oxygens (including phenoxy) is 3. The molecule has 0 saturated carbocycles. The quantitative estimate of drug-likeness (QED) is 0.0632. The van der Waals surface area contributed by atoms with Gasteiger partial charge in [-0.15, -0.1) is 0 Å². The zero-order valence-electron chi connectivity index (χ0n) is 28.8. The number of nitrogens with zero attached hydrogens (tertiary/aromatic N) is 8. The van der Waals surface area contributed by atoms with Crippen LogP contribution in [0.4, 0.5) is 11.6 Å². The van der Waals surface area contributed by atoms with E-state index in [9.17, 15) is 19.6 Å². The molecule has 2 aliphatic heterocycles. The number of carbonyl (C=O) groups excluding carboxylic acids is 1. The first-order valence-corrected chi connectivity index (χ1v) is 19.3. The summed E-state index contributed by atoms with van der Waals surface area (Å²) in [4.78, 5) is 36.5. The van der Waals surface area contributed by atoms with Crippen LogP contribution >= 0.6 is 30.7 Å². The number of halogens is 2. The average Bonchev–Trinajstić information content (AvgIpc) is 3.91. The first kappa shape index (κ1) is 39.6. The van der Waals surface area contributed by atoms with Crippen LogP contribution in [-0.4, -0.2) is 111 Å². The normalized spacial score (nSPS) is 24.3. The second-order valence-corrected chi connectivity index (χ2v) is 15.4. The molecule has 8 atom stereocenters. The minimum Gasteiger partial charge on any atom is -0.460 e. The van der Waals surface area contributed by atoms with Gasteiger partial charge in [-0.3, -0.25) is 18.5 Å². The summed E-state index contributed by atoms with van der Waals surface area (Å²) in [6.07, 6.45) is -0.594. The summed E-state index contributed by atoms with van der Waals surface area (Å²) in [7, 11) is -3.42. The van der Waals surface area contributed by atoms with Gasteiger partial charge < -0.3 is 45.5 Å². The molecular formula is C31H38Cl2N11O9P. The summed E-state index contributed by atoms with van der Waals surface area (Å²) < 4.78 is 38.3. The van der Waals surface area contributed by atoms with Crippen molar-refractivity contribution in [3.05, 3.63) is 59.1 Å². The molecule has 2 saturated heterocycles. The molecule has 290 valence electrons. The molecule has 1 aromatic carbocycles. The number of carbonyl (C=O) groups is 1. The second-order valence-electron chi connectivity index (χ2n) is 12.5. The Kier molecular flexibility index (Phi) is 12.3. The van der Waals surface area contributed by atoms with Crippen LogP contribution < -0.4 is 16.6 Å². The fourth-order valence-corrected chi connectivity index (χ4v) is 7.50. The molecule has 0 spiro atoms. The first-order valence-electron chi connectivity index (χ1n) is 16.5. The van der Waals surface area contributed by atoms with Crippen molar-refractivity contribution in [1.29, 1.82) is 0 Å². The number of nitrogen functional groups attached to an aromatic ring is 2. The molecule has 8 N–H and O–H groups in total. The third-order valence-electron chi connectivity index (χ3n) is 8.54. The fourth-order valence-electron chi connectivity index (χ4n) is 5.84. The van der Waals surface area contributed by atoms with Gasteiger partial charge in [0.15, 0.2) is 22.9 Å². The van der Waals surface area contributed by atoms with E-state index in [0.717, 1.165) is 5.56 Å². The standard InChI is InChI=1S/C21H26ClN6O6P.C10H12ClN5O3/c1-12(20(30)32-9-13-6-4-3-5-7-13)27-35(2,31)33-10-15-14(29)8-16(34-15)28-11-24-17-18(23)25-21(22)26-19(17)28;11-10-14-8(12)7-9(15-10)16(3-13-7)6-1-4(18)5(2-17)19-6/h3-7,11-12,14-16,29H,8-10H2,1-2H3,(H,27,31)(H2,23,25,26);3-6,17-18H,1-2H2,(H2,12,14,15)/t12-,14?,15+,16+,35?;4?,5-,6-/m01/s1. The summed E-state index contributed by atoms with van der Waals surface area (Å²) in [5.74, 6) is -0.249. The van der Waals surface area contributed by atoms with Crippen LogP contribution in [-0.2, 0) is 34.7 Å². The highest BCUT2D eigenvalue weighted by Crippen LogP contribution is 2.40. The number of benzene rings is 1. The summed E-state index contributed by atoms with van der Waals surface area (Å²) in [5, 5.41) is 31.9. The lowest BCUT2D eigenvalue weighted by molar-refractivity contribution is -0.146. The summed E-state index contributed by atoms with van der Waals surface area (Å²) >= 11 is 11.7. The van der Waals surface area contributed by atoms with Gasteiger partial charge in [-0.2, -0.15) is 19.9 Å². The fraction of sp³-hybridized carbons (Fsp3) is 0.452. The van der Waals surface area contributed by atoms with Gasteiger partial charge in [0.1, 0.15) is 48.3 Å². The number of anilines is 2. The number of nitrogens with one attached hydrogen (secondary N) is 1. The molecule has 7 rings (SSSR count). The number of imidazole rings is 2. The zero-order chi connectivity index (χ0) is 38.7. The highest BCUT2D eigenvalue weighted by atomic mass is 35.5. The maximum atomic E-state index is 12.9. The number of fused-ring (bicyclic) bond motifs is 2. The molecule has 54 heavy (non-hydrogen) atoms. The van der Waals surface area contributed by atoms with Crippen molar-refractivity contribution in [3.8, 4) is 0 Å². The van der Waals surface area contributed by atoms with E-state index in [2.05, 4.69) is 35.0 Å². The number of aliphatic hydroxyl groups excluding tert-OH is 3. The van der Waals surface area contributed by atoms with Crippen molar-refractivity contribution in [3.63, 3.8) is 0 Å². The maximum Gasteiger partial charge on any atom is 0.323 e. The number of nitrogens with two attached hydrogens (primary N) is 2. The van der Waals surface area contributed by atoms with E-state index in [0.29, 0.717) is 28.7 Å². The van der Waals surface area contributed by atoms with Gasteiger partial charge >= 0.3 is 5.97 Å². The SMILES string of the molecule is C[C@H](NP(C)(=O)OC[C@H]1O[C@@H](n2cnc3c(N)nc(Cl)nc32)CC1O)C(=O)OCc1ccccc1.Nc1nc(Cl)nc2c1ncn2[C@H]1CC(O)[C@@H](CO)O1. The Morgan fingerprint density at radius 3 is 1.98 bits per heavy atom. The number of esters is 1. The van der Waals surface area contributed by atoms with Crippen LogP contribution in [0.3, 0.4) is 0 Å². The lowest BCUT2D eigenvalue weighted by Gasteiger charge is -2.22. The van der Waals surface area contributed by atoms with Crippen LogP contribution in [0.1, 0.15) is 37.8 Å². The Morgan fingerprint density at radius 2 is 1.46 bits per heavy atom. The van der Waals surface area contributed by atoms with Gasteiger partial charge in [0.05, 0.1) is 38.1 Å². The number of aromatic nitrogens is 8. The smallest absolute Gasteiger partial charge is 0.323 e. The van der Waals surface area contributed by atoms with E-state index in [4.69, 9.17) is 58.5 Å². The minimum atomic E-state index is -3.42. The van der Waals surface area contributed by atoms with Gasteiger partial charge in [-0.05, 0) is 35.7 Å². The second kappa shape index (κ2) is 16.7. The van der Waals surface area contributed by atoms with E-state index in [1.807, 2.05) is 30.3 Å². The molecule has 2 fully saturated rings. The van der Waals surface area contributed by atoms with Gasteiger partial charge in [0.25, 0.3) is 7.52 Å². The largest absolute Gasteiger partial charge is 0.460 e. The molecule has 6 heterocycles. The average molecular weight is 811 g/mol. The van der Waals surface area contributed by atoms with Crippen LogP contribution in [0.2, 0.25) is 10.6 Å². The third kappa shape index (κ3) is 9.06. The Labute approximate surface area is 317 Å². The van der Waals surface area contributed by atoms with Crippen LogP contribution in [0.25, 0.3) is 22.3 Å². The van der Waals surface area contributed by atoms with Gasteiger partial charge in [-0.25, -0.2) is 15.1 Å². The third-order valence-corrected chi connectivity index (χ3v) is 10.4. The van der Waals surface area contributed by atoms with E-state index in [1.165, 1.54) is 26.2 Å². The lowest BCUT2D eigenvalue weighted by Crippen LogP contribution is -2.34. The number of hydrogen-bond acceptors (Lipinski definition) is 17. The monoisotopic (exact) mass is 809 g/mol. The summed E-state index contributed by atoms with van der Waals surface area (Å²) in [6.45, 7) is 2.57. The van der Waals surface area contributed by atoms with Crippen molar-refractivity contribution < 1.29 is 43.4 Å². The molecule has 0 bridgehead atoms. The van der Waals surface area contributed by atoms with E-state index in [-0.39, 0.29) is 48.4 Å². The topological polar surface area (TPSA) is 283 Å². The van der Waals surface area contributed by atoms with Crippen LogP contribution in [0.15, 0.2) is 43.0 Å². The van der Waals surface area contributed by atoms with E-state index < -0.39 is 56.4 Å². The van der Waals surface area contributed by atoms with E-state index >= 15 is 0 Å². The molecule has 5 aromatic rings. The van der Waals surface area contributed by atoms with Gasteiger partial charge in [0, 0.05) is 19.5 Å². The lowest BCUT2D eigenvalue weighted by atomic mass is 10.2. The summed E-state index contributed by atoms with van der Waals surface area (Å²) in [6, 6.07) is 8.35. The molecule has 20 nitrogen and oxygen atoms in total. The Morgan fingerprint density at radius 1 is 0.944 bits per heavy atom. The Hall–Kier alpha value is -4.08. The molecule has 4 aromatic heterocycles. The molecule has 0 amide bonds. The van der Waals surface area contributed by atoms with Crippen molar-refractivity contribution >= 4 is 70.7 Å². The highest BCUT2D eigenvalue weighted by Gasteiger charge is 2.38. The number of rotatable bonds is 11. The Bertz CT molecular complexity index is 2150. The number of aliphatic hydroxyl groups is 3. The predicted molar refractivity (Wildman–Crippen MR) is 194 cm³/mol. The first-order chi connectivity index (χ1) is 25.7. The summed E-state index contributed by atoms with van der Waals surface area (Å²) in [5.41, 5.74) is 14.0. The van der Waals surface area contributed by atoms with Crippen molar-refractivity contribution in [2.45, 2.75) is 69.3 Å². The van der Waals surface area contributed by atoms with Crippen molar-refractivity contribution in [2.75, 3.05) is 31.3 Å². The van der Waals surface area contributed by atoms with E-state index in [1.54, 1.807) is 9.13 Å². The molecule has 3 unspecified atom stereocenters. The number of hydrogen-bond donors (Lipinski definition) is 6.